The van der Waals surface area contributed by atoms with E-state index < -0.39 is 0 Å². The van der Waals surface area contributed by atoms with Gasteiger partial charge in [0.1, 0.15) is 11.0 Å². The van der Waals surface area contributed by atoms with E-state index in [1.807, 2.05) is 11.9 Å². The highest BCUT2D eigenvalue weighted by atomic mass is 35.5. The van der Waals surface area contributed by atoms with Gasteiger partial charge in [0.05, 0.1) is 0 Å². The van der Waals surface area contributed by atoms with Crippen molar-refractivity contribution in [2.24, 2.45) is 0 Å². The van der Waals surface area contributed by atoms with Gasteiger partial charge < -0.3 is 10.6 Å². The Labute approximate surface area is 92.9 Å². The molecule has 0 radical (unpaired) electrons. The molecule has 0 spiro atoms. The summed E-state index contributed by atoms with van der Waals surface area (Å²) in [6.07, 6.45) is 2.06. The minimum Gasteiger partial charge on any atom is -0.368 e. The highest BCUT2D eigenvalue weighted by molar-refractivity contribution is 7.98. The maximum atomic E-state index is 5.77. The van der Waals surface area contributed by atoms with Gasteiger partial charge in [0.15, 0.2) is 0 Å². The Morgan fingerprint density at radius 3 is 2.86 bits per heavy atom. The molecule has 0 aliphatic heterocycles. The van der Waals surface area contributed by atoms with Crippen molar-refractivity contribution in [3.8, 4) is 0 Å². The summed E-state index contributed by atoms with van der Waals surface area (Å²) in [5.74, 6) is 2.01. The molecule has 6 heteroatoms. The van der Waals surface area contributed by atoms with Crippen LogP contribution in [0.4, 0.5) is 11.8 Å². The van der Waals surface area contributed by atoms with Crippen molar-refractivity contribution in [2.75, 3.05) is 36.2 Å². The highest BCUT2D eigenvalue weighted by Crippen LogP contribution is 2.15. The molecule has 0 aliphatic carbocycles. The molecule has 0 fully saturated rings. The number of hydrogen-bond acceptors (Lipinski definition) is 5. The van der Waals surface area contributed by atoms with Crippen molar-refractivity contribution in [3.63, 3.8) is 0 Å². The molecule has 1 rings (SSSR count). The molecule has 4 nitrogen and oxygen atoms in total. The van der Waals surface area contributed by atoms with Crippen molar-refractivity contribution in [1.82, 2.24) is 9.97 Å². The number of hydrogen-bond donors (Lipinski definition) is 1. The maximum Gasteiger partial charge on any atom is 0.223 e. The molecule has 0 atom stereocenters. The van der Waals surface area contributed by atoms with Crippen molar-refractivity contribution in [2.45, 2.75) is 0 Å². The standard InChI is InChI=1S/C8H13ClN4S/c1-13(3-4-14-2)7-5-6(9)11-8(10)12-7/h5H,3-4H2,1-2H3,(H2,10,11,12). The smallest absolute Gasteiger partial charge is 0.223 e. The van der Waals surface area contributed by atoms with Crippen LogP contribution in [0, 0.1) is 0 Å². The molecule has 1 aromatic rings. The van der Waals surface area contributed by atoms with Gasteiger partial charge in [-0.15, -0.1) is 0 Å². The van der Waals surface area contributed by atoms with Gasteiger partial charge in [-0.05, 0) is 6.26 Å². The van der Waals surface area contributed by atoms with Gasteiger partial charge in [-0.1, -0.05) is 11.6 Å². The molecule has 0 amide bonds. The van der Waals surface area contributed by atoms with Crippen LogP contribution in [0.5, 0.6) is 0 Å². The zero-order valence-electron chi connectivity index (χ0n) is 8.20. The Kier molecular flexibility index (Phi) is 4.28. The molecule has 0 saturated heterocycles. The fraction of sp³-hybridized carbons (Fsp3) is 0.500. The summed E-state index contributed by atoms with van der Waals surface area (Å²) in [6, 6.07) is 1.71. The first-order valence-corrected chi connectivity index (χ1v) is 5.91. The van der Waals surface area contributed by atoms with Gasteiger partial charge in [-0.2, -0.15) is 16.7 Å². The lowest BCUT2D eigenvalue weighted by molar-refractivity contribution is 0.940. The summed E-state index contributed by atoms with van der Waals surface area (Å²) in [5.41, 5.74) is 5.49. The predicted molar refractivity (Wildman–Crippen MR) is 63.1 cm³/mol. The van der Waals surface area contributed by atoms with Gasteiger partial charge in [0, 0.05) is 25.4 Å². The first kappa shape index (κ1) is 11.4. The van der Waals surface area contributed by atoms with E-state index in [1.165, 1.54) is 0 Å². The van der Waals surface area contributed by atoms with Crippen LogP contribution >= 0.6 is 23.4 Å². The van der Waals surface area contributed by atoms with E-state index in [4.69, 9.17) is 17.3 Å². The average molecular weight is 233 g/mol. The third-order valence-electron chi connectivity index (χ3n) is 1.72. The highest BCUT2D eigenvalue weighted by Gasteiger charge is 2.04. The topological polar surface area (TPSA) is 55.0 Å². The molecule has 0 saturated carbocycles. The Morgan fingerprint density at radius 2 is 2.29 bits per heavy atom. The van der Waals surface area contributed by atoms with E-state index in [2.05, 4.69) is 16.2 Å². The summed E-state index contributed by atoms with van der Waals surface area (Å²) in [4.78, 5) is 9.88. The molecule has 0 aliphatic rings. The van der Waals surface area contributed by atoms with Crippen molar-refractivity contribution >= 4 is 35.1 Å². The molecule has 14 heavy (non-hydrogen) atoms. The molecule has 0 bridgehead atoms. The lowest BCUT2D eigenvalue weighted by atomic mass is 10.5. The second kappa shape index (κ2) is 5.26. The van der Waals surface area contributed by atoms with Crippen LogP contribution in [0.25, 0.3) is 0 Å². The zero-order chi connectivity index (χ0) is 10.6. The van der Waals surface area contributed by atoms with Crippen LogP contribution < -0.4 is 10.6 Å². The molecular weight excluding hydrogens is 220 g/mol. The third kappa shape index (κ3) is 3.23. The second-order valence-electron chi connectivity index (χ2n) is 2.82. The molecule has 1 aromatic heterocycles. The number of nitrogens with two attached hydrogens (primary N) is 1. The summed E-state index contributed by atoms with van der Waals surface area (Å²) in [5, 5.41) is 0.378. The first-order chi connectivity index (χ1) is 6.63. The van der Waals surface area contributed by atoms with E-state index in [0.29, 0.717) is 5.15 Å². The zero-order valence-corrected chi connectivity index (χ0v) is 9.77. The number of rotatable bonds is 4. The summed E-state index contributed by atoms with van der Waals surface area (Å²) < 4.78 is 0. The van der Waals surface area contributed by atoms with Crippen LogP contribution in [-0.2, 0) is 0 Å². The van der Waals surface area contributed by atoms with Gasteiger partial charge in [-0.3, -0.25) is 0 Å². The van der Waals surface area contributed by atoms with E-state index in [1.54, 1.807) is 17.8 Å². The van der Waals surface area contributed by atoms with Crippen molar-refractivity contribution in [3.05, 3.63) is 11.2 Å². The lowest BCUT2D eigenvalue weighted by Gasteiger charge is -2.17. The number of nitrogen functional groups attached to an aromatic ring is 1. The second-order valence-corrected chi connectivity index (χ2v) is 4.19. The number of anilines is 2. The van der Waals surface area contributed by atoms with Crippen molar-refractivity contribution < 1.29 is 0 Å². The van der Waals surface area contributed by atoms with Crippen LogP contribution in [0.2, 0.25) is 5.15 Å². The predicted octanol–water partition coefficient (Wildman–Crippen LogP) is 1.51. The van der Waals surface area contributed by atoms with Gasteiger partial charge >= 0.3 is 0 Å². The van der Waals surface area contributed by atoms with E-state index in [-0.39, 0.29) is 5.95 Å². The number of thioether (sulfide) groups is 1. The van der Waals surface area contributed by atoms with E-state index >= 15 is 0 Å². The Morgan fingerprint density at radius 1 is 1.57 bits per heavy atom. The molecule has 2 N–H and O–H groups in total. The largest absolute Gasteiger partial charge is 0.368 e. The lowest BCUT2D eigenvalue weighted by Crippen LogP contribution is -2.21. The molecule has 78 valence electrons. The molecule has 0 aromatic carbocycles. The fourth-order valence-electron chi connectivity index (χ4n) is 0.961. The summed E-state index contributed by atoms with van der Waals surface area (Å²) in [6.45, 7) is 0.911. The summed E-state index contributed by atoms with van der Waals surface area (Å²) in [7, 11) is 1.95. The van der Waals surface area contributed by atoms with Gasteiger partial charge in [-0.25, -0.2) is 4.98 Å². The van der Waals surface area contributed by atoms with Crippen LogP contribution in [0.15, 0.2) is 6.07 Å². The molecular formula is C8H13ClN4S. The number of halogens is 1. The van der Waals surface area contributed by atoms with Crippen LogP contribution in [-0.4, -0.2) is 35.6 Å². The Balaban J connectivity index is 2.73. The monoisotopic (exact) mass is 232 g/mol. The van der Waals surface area contributed by atoms with Gasteiger partial charge in [0.2, 0.25) is 5.95 Å². The number of nitrogens with zero attached hydrogens (tertiary/aromatic N) is 3. The van der Waals surface area contributed by atoms with E-state index in [0.717, 1.165) is 18.1 Å². The fourth-order valence-corrected chi connectivity index (χ4v) is 1.60. The quantitative estimate of drug-likeness (QED) is 0.798. The minimum atomic E-state index is 0.212. The third-order valence-corrected chi connectivity index (χ3v) is 2.51. The van der Waals surface area contributed by atoms with Crippen LogP contribution in [0.1, 0.15) is 0 Å². The maximum absolute atomic E-state index is 5.77. The Bertz CT molecular complexity index is 287. The number of aromatic nitrogens is 2. The summed E-state index contributed by atoms with van der Waals surface area (Å²) >= 11 is 7.55. The minimum absolute atomic E-state index is 0.212. The van der Waals surface area contributed by atoms with Crippen LogP contribution in [0.3, 0.4) is 0 Å². The molecule has 0 unspecified atom stereocenters. The van der Waals surface area contributed by atoms with E-state index in [9.17, 15) is 0 Å². The SMILES string of the molecule is CSCCN(C)c1cc(Cl)nc(N)n1. The first-order valence-electron chi connectivity index (χ1n) is 4.13. The Hall–Kier alpha value is -0.680. The molecule has 1 heterocycles. The normalized spacial score (nSPS) is 10.2. The average Bonchev–Trinajstić information content (AvgIpc) is 2.12. The van der Waals surface area contributed by atoms with Gasteiger partial charge in [0.25, 0.3) is 0 Å². The van der Waals surface area contributed by atoms with Crippen molar-refractivity contribution in [1.29, 1.82) is 0 Å².